The number of fused-ring (bicyclic) bond motifs is 2. The molecule has 0 aliphatic carbocycles. The van der Waals surface area contributed by atoms with Crippen LogP contribution < -0.4 is 5.32 Å². The van der Waals surface area contributed by atoms with Crippen LogP contribution in [-0.4, -0.2) is 33.2 Å². The lowest BCUT2D eigenvalue weighted by molar-refractivity contribution is 0.0173. The average molecular weight is 335 g/mol. The number of rotatable bonds is 2. The van der Waals surface area contributed by atoms with Crippen molar-refractivity contribution in [2.24, 2.45) is 0 Å². The number of hydrogen-bond donors (Lipinski definition) is 1. The number of nitriles is 1. The van der Waals surface area contributed by atoms with Crippen LogP contribution in [0.5, 0.6) is 0 Å². The standard InChI is InChI=1S/C19H19N5O.H2/c1-12-5-6-14(8-17(12)18-7-13(10-20)11-21-23-18)22-19(25)24-15-3-2-4-16(24)9-15;/h5-8,11,15-16H,2-4,9H2,1H3,(H,22,25);1H. The average Bonchev–Trinajstić information content (AvgIpc) is 2.64. The van der Waals surface area contributed by atoms with Gasteiger partial charge >= 0.3 is 6.03 Å². The number of carbonyl (C=O) groups is 1. The van der Waals surface area contributed by atoms with Crippen molar-refractivity contribution in [3.63, 3.8) is 0 Å². The van der Waals surface area contributed by atoms with E-state index < -0.39 is 0 Å². The zero-order valence-electron chi connectivity index (χ0n) is 14.1. The molecule has 128 valence electrons. The van der Waals surface area contributed by atoms with E-state index in [0.29, 0.717) is 23.3 Å². The molecular formula is C19H21N5O. The minimum Gasteiger partial charge on any atom is -0.318 e. The second-order valence-electron chi connectivity index (χ2n) is 6.78. The monoisotopic (exact) mass is 335 g/mol. The third-order valence-electron chi connectivity index (χ3n) is 5.19. The Hall–Kier alpha value is -2.94. The van der Waals surface area contributed by atoms with E-state index in [2.05, 4.69) is 21.6 Å². The van der Waals surface area contributed by atoms with E-state index in [1.54, 1.807) is 6.07 Å². The predicted molar refractivity (Wildman–Crippen MR) is 95.9 cm³/mol. The molecule has 25 heavy (non-hydrogen) atoms. The Kier molecular flexibility index (Phi) is 3.85. The van der Waals surface area contributed by atoms with Crippen molar-refractivity contribution in [3.8, 4) is 17.3 Å². The largest absolute Gasteiger partial charge is 0.322 e. The van der Waals surface area contributed by atoms with Crippen LogP contribution >= 0.6 is 0 Å². The summed E-state index contributed by atoms with van der Waals surface area (Å²) in [7, 11) is 0. The summed E-state index contributed by atoms with van der Waals surface area (Å²) < 4.78 is 0. The molecule has 2 bridgehead atoms. The van der Waals surface area contributed by atoms with Crippen LogP contribution in [0.3, 0.4) is 0 Å². The van der Waals surface area contributed by atoms with Crippen molar-refractivity contribution < 1.29 is 6.22 Å². The number of aryl methyl sites for hydroxylation is 1. The number of urea groups is 1. The number of anilines is 1. The Morgan fingerprint density at radius 2 is 2.16 bits per heavy atom. The van der Waals surface area contributed by atoms with Crippen LogP contribution in [0.25, 0.3) is 11.3 Å². The van der Waals surface area contributed by atoms with Gasteiger partial charge in [0, 0.05) is 24.8 Å². The number of amides is 2. The molecule has 6 heteroatoms. The van der Waals surface area contributed by atoms with Crippen LogP contribution in [0.2, 0.25) is 0 Å². The topological polar surface area (TPSA) is 81.9 Å². The van der Waals surface area contributed by atoms with Crippen molar-refractivity contribution in [3.05, 3.63) is 41.6 Å². The fourth-order valence-electron chi connectivity index (χ4n) is 3.86. The molecule has 1 aromatic carbocycles. The van der Waals surface area contributed by atoms with Gasteiger partial charge in [-0.3, -0.25) is 0 Å². The van der Waals surface area contributed by atoms with E-state index in [1.807, 2.05) is 30.0 Å². The fraction of sp³-hybridized carbons (Fsp3) is 0.368. The van der Waals surface area contributed by atoms with Crippen LogP contribution in [0.4, 0.5) is 10.5 Å². The second-order valence-corrected chi connectivity index (χ2v) is 6.78. The van der Waals surface area contributed by atoms with Crippen molar-refractivity contribution in [1.82, 2.24) is 15.1 Å². The molecule has 1 N–H and O–H groups in total. The zero-order valence-corrected chi connectivity index (χ0v) is 14.1. The lowest BCUT2D eigenvalue weighted by Crippen LogP contribution is -2.62. The third kappa shape index (κ3) is 2.82. The van der Waals surface area contributed by atoms with Gasteiger partial charge in [-0.2, -0.15) is 15.5 Å². The highest BCUT2D eigenvalue weighted by Crippen LogP contribution is 2.38. The fourth-order valence-corrected chi connectivity index (χ4v) is 3.86. The van der Waals surface area contributed by atoms with Gasteiger partial charge in [0.1, 0.15) is 6.07 Å². The number of carbonyl (C=O) groups excluding carboxylic acids is 1. The smallest absolute Gasteiger partial charge is 0.318 e. The molecule has 3 heterocycles. The minimum atomic E-state index is -0.0207. The summed E-state index contributed by atoms with van der Waals surface area (Å²) >= 11 is 0. The minimum absolute atomic E-state index is 0. The van der Waals surface area contributed by atoms with Gasteiger partial charge in [0.05, 0.1) is 17.5 Å². The number of nitrogens with zero attached hydrogens (tertiary/aromatic N) is 4. The van der Waals surface area contributed by atoms with E-state index in [4.69, 9.17) is 5.26 Å². The van der Waals surface area contributed by atoms with E-state index in [0.717, 1.165) is 36.1 Å². The van der Waals surface area contributed by atoms with E-state index >= 15 is 0 Å². The molecule has 2 aliphatic rings. The highest BCUT2D eigenvalue weighted by molar-refractivity contribution is 5.91. The summed E-state index contributed by atoms with van der Waals surface area (Å²) in [6, 6.07) is 10.3. The Morgan fingerprint density at radius 1 is 1.36 bits per heavy atom. The Bertz CT molecular complexity index is 864. The summed E-state index contributed by atoms with van der Waals surface area (Å²) in [6.45, 7) is 1.97. The first-order chi connectivity index (χ1) is 12.2. The van der Waals surface area contributed by atoms with Gasteiger partial charge in [-0.1, -0.05) is 6.07 Å². The quantitative estimate of drug-likeness (QED) is 0.906. The molecule has 2 fully saturated rings. The molecule has 2 unspecified atom stereocenters. The predicted octanol–water partition coefficient (Wildman–Crippen LogP) is 3.73. The Balaban J connectivity index is 0.00000196. The number of nitrogens with one attached hydrogen (secondary N) is 1. The number of benzene rings is 1. The summed E-state index contributed by atoms with van der Waals surface area (Å²) in [4.78, 5) is 14.6. The molecule has 6 nitrogen and oxygen atoms in total. The van der Waals surface area contributed by atoms with Crippen molar-refractivity contribution in [2.45, 2.75) is 44.7 Å². The zero-order chi connectivity index (χ0) is 17.4. The van der Waals surface area contributed by atoms with Crippen LogP contribution in [-0.2, 0) is 0 Å². The van der Waals surface area contributed by atoms with E-state index in [9.17, 15) is 4.79 Å². The van der Waals surface area contributed by atoms with Gasteiger partial charge in [-0.15, -0.1) is 0 Å². The molecule has 0 spiro atoms. The first kappa shape index (κ1) is 15.6. The molecule has 2 aromatic rings. The summed E-state index contributed by atoms with van der Waals surface area (Å²) in [5.41, 5.74) is 3.72. The Morgan fingerprint density at radius 3 is 2.88 bits per heavy atom. The Labute approximate surface area is 148 Å². The maximum atomic E-state index is 12.6. The molecule has 0 radical (unpaired) electrons. The van der Waals surface area contributed by atoms with Gasteiger partial charge in [0.15, 0.2) is 0 Å². The van der Waals surface area contributed by atoms with Crippen LogP contribution in [0, 0.1) is 18.3 Å². The summed E-state index contributed by atoms with van der Waals surface area (Å²) in [6.07, 6.45) is 6.02. The molecule has 2 saturated heterocycles. The molecule has 4 rings (SSSR count). The molecular weight excluding hydrogens is 314 g/mol. The number of aromatic nitrogens is 2. The van der Waals surface area contributed by atoms with Gasteiger partial charge in [-0.25, -0.2) is 4.79 Å². The molecule has 2 aliphatic heterocycles. The van der Waals surface area contributed by atoms with Gasteiger partial charge in [0.25, 0.3) is 0 Å². The first-order valence-corrected chi connectivity index (χ1v) is 8.59. The normalized spacial score (nSPS) is 21.2. The molecule has 1 aromatic heterocycles. The van der Waals surface area contributed by atoms with E-state index in [-0.39, 0.29) is 7.46 Å². The van der Waals surface area contributed by atoms with Crippen LogP contribution in [0.1, 0.15) is 38.2 Å². The lowest BCUT2D eigenvalue weighted by Gasteiger charge is -2.52. The van der Waals surface area contributed by atoms with E-state index in [1.165, 1.54) is 12.6 Å². The molecule has 0 saturated carbocycles. The van der Waals surface area contributed by atoms with Gasteiger partial charge < -0.3 is 10.2 Å². The lowest BCUT2D eigenvalue weighted by atomic mass is 9.80. The van der Waals surface area contributed by atoms with Crippen molar-refractivity contribution in [2.75, 3.05) is 5.32 Å². The second kappa shape index (κ2) is 6.17. The summed E-state index contributed by atoms with van der Waals surface area (Å²) in [5, 5.41) is 20.1. The molecule has 2 amide bonds. The third-order valence-corrected chi connectivity index (χ3v) is 5.19. The first-order valence-electron chi connectivity index (χ1n) is 8.59. The van der Waals surface area contributed by atoms with Crippen molar-refractivity contribution in [1.29, 1.82) is 5.26 Å². The van der Waals surface area contributed by atoms with Gasteiger partial charge in [-0.05, 0) is 56.4 Å². The van der Waals surface area contributed by atoms with Gasteiger partial charge in [0.2, 0.25) is 0 Å². The highest BCUT2D eigenvalue weighted by Gasteiger charge is 2.44. The number of hydrogen-bond acceptors (Lipinski definition) is 4. The molecule has 2 atom stereocenters. The highest BCUT2D eigenvalue weighted by atomic mass is 16.2. The maximum absolute atomic E-state index is 12.6. The van der Waals surface area contributed by atoms with Crippen molar-refractivity contribution >= 4 is 11.7 Å². The summed E-state index contributed by atoms with van der Waals surface area (Å²) in [5.74, 6) is 0. The SMILES string of the molecule is Cc1ccc(NC(=O)N2C3CCCC2C3)cc1-c1cc(C#N)cnn1.[HH]. The maximum Gasteiger partial charge on any atom is 0.322 e. The van der Waals surface area contributed by atoms with Crippen LogP contribution in [0.15, 0.2) is 30.5 Å². The number of piperidine rings is 1.